The minimum absolute atomic E-state index is 0.102. The van der Waals surface area contributed by atoms with Crippen LogP contribution < -0.4 is 5.32 Å². The van der Waals surface area contributed by atoms with Gasteiger partial charge in [0.1, 0.15) is 0 Å². The van der Waals surface area contributed by atoms with Crippen molar-refractivity contribution in [2.75, 3.05) is 11.5 Å². The van der Waals surface area contributed by atoms with Gasteiger partial charge in [0.15, 0.2) is 0 Å². The molecule has 0 saturated carbocycles. The standard InChI is InChI=1S/C9H17NO2S/c1-7(6-9(11)12)10-8-2-4-13-5-3-8/h7-8,10H,2-6H2,1H3,(H,11,12). The molecule has 1 atom stereocenters. The maximum atomic E-state index is 10.4. The zero-order chi connectivity index (χ0) is 9.68. The Morgan fingerprint density at radius 2 is 2.23 bits per heavy atom. The number of hydrogen-bond acceptors (Lipinski definition) is 3. The molecule has 3 nitrogen and oxygen atoms in total. The van der Waals surface area contributed by atoms with Gasteiger partial charge in [0, 0.05) is 12.1 Å². The Hall–Kier alpha value is -0.220. The summed E-state index contributed by atoms with van der Waals surface area (Å²) < 4.78 is 0. The molecule has 4 heteroatoms. The molecule has 1 aliphatic heterocycles. The van der Waals surface area contributed by atoms with Crippen LogP contribution in [-0.4, -0.2) is 34.7 Å². The molecule has 1 fully saturated rings. The highest BCUT2D eigenvalue weighted by molar-refractivity contribution is 7.99. The predicted molar refractivity (Wildman–Crippen MR) is 55.2 cm³/mol. The van der Waals surface area contributed by atoms with Crippen molar-refractivity contribution >= 4 is 17.7 Å². The summed E-state index contributed by atoms with van der Waals surface area (Å²) in [5.41, 5.74) is 0. The molecule has 0 radical (unpaired) electrons. The highest BCUT2D eigenvalue weighted by Crippen LogP contribution is 2.17. The molecule has 0 amide bonds. The van der Waals surface area contributed by atoms with Crippen LogP contribution in [0.1, 0.15) is 26.2 Å². The van der Waals surface area contributed by atoms with Crippen molar-refractivity contribution in [1.29, 1.82) is 0 Å². The van der Waals surface area contributed by atoms with Gasteiger partial charge in [-0.1, -0.05) is 0 Å². The van der Waals surface area contributed by atoms with Gasteiger partial charge < -0.3 is 10.4 Å². The van der Waals surface area contributed by atoms with E-state index in [1.807, 2.05) is 18.7 Å². The van der Waals surface area contributed by atoms with E-state index in [1.165, 1.54) is 24.3 Å². The summed E-state index contributed by atoms with van der Waals surface area (Å²) in [6.45, 7) is 1.94. The molecule has 0 bridgehead atoms. The van der Waals surface area contributed by atoms with Crippen LogP contribution in [0.15, 0.2) is 0 Å². The molecule has 76 valence electrons. The van der Waals surface area contributed by atoms with Crippen LogP contribution in [0.3, 0.4) is 0 Å². The number of aliphatic carboxylic acids is 1. The molecule has 0 aliphatic carbocycles. The molecule has 0 aromatic heterocycles. The van der Waals surface area contributed by atoms with Crippen LogP contribution in [0.2, 0.25) is 0 Å². The first kappa shape index (κ1) is 10.9. The molecular weight excluding hydrogens is 186 g/mol. The third kappa shape index (κ3) is 4.52. The molecule has 0 aromatic rings. The third-order valence-electron chi connectivity index (χ3n) is 2.22. The van der Waals surface area contributed by atoms with Crippen LogP contribution in [-0.2, 0) is 4.79 Å². The van der Waals surface area contributed by atoms with Crippen LogP contribution in [0.25, 0.3) is 0 Å². The van der Waals surface area contributed by atoms with E-state index in [0.29, 0.717) is 6.04 Å². The molecular formula is C9H17NO2S. The second kappa shape index (κ2) is 5.50. The lowest BCUT2D eigenvalue weighted by Gasteiger charge is -2.25. The molecule has 2 N–H and O–H groups in total. The number of hydrogen-bond donors (Lipinski definition) is 2. The van der Waals surface area contributed by atoms with E-state index in [1.54, 1.807) is 0 Å². The second-order valence-corrected chi connectivity index (χ2v) is 4.78. The van der Waals surface area contributed by atoms with Gasteiger partial charge in [-0.05, 0) is 31.3 Å². The van der Waals surface area contributed by atoms with Crippen molar-refractivity contribution in [3.05, 3.63) is 0 Å². The smallest absolute Gasteiger partial charge is 0.304 e. The fourth-order valence-corrected chi connectivity index (χ4v) is 2.69. The summed E-state index contributed by atoms with van der Waals surface area (Å²) in [4.78, 5) is 10.4. The van der Waals surface area contributed by atoms with Gasteiger partial charge >= 0.3 is 5.97 Å². The van der Waals surface area contributed by atoms with Crippen molar-refractivity contribution in [3.8, 4) is 0 Å². The van der Waals surface area contributed by atoms with Crippen molar-refractivity contribution in [2.45, 2.75) is 38.3 Å². The molecule has 0 spiro atoms. The highest BCUT2D eigenvalue weighted by Gasteiger charge is 2.16. The number of carboxylic acids is 1. The Morgan fingerprint density at radius 1 is 1.62 bits per heavy atom. The number of thioether (sulfide) groups is 1. The summed E-state index contributed by atoms with van der Waals surface area (Å²) in [5, 5.41) is 11.9. The van der Waals surface area contributed by atoms with Crippen LogP contribution in [0, 0.1) is 0 Å². The molecule has 1 saturated heterocycles. The Labute approximate surface area is 83.3 Å². The monoisotopic (exact) mass is 203 g/mol. The minimum atomic E-state index is -0.717. The normalized spacial score (nSPS) is 21.3. The van der Waals surface area contributed by atoms with E-state index in [2.05, 4.69) is 5.32 Å². The molecule has 0 aromatic carbocycles. The molecule has 1 rings (SSSR count). The van der Waals surface area contributed by atoms with Crippen molar-refractivity contribution < 1.29 is 9.90 Å². The lowest BCUT2D eigenvalue weighted by Crippen LogP contribution is -2.39. The fourth-order valence-electron chi connectivity index (χ4n) is 1.59. The van der Waals surface area contributed by atoms with Gasteiger partial charge in [0.05, 0.1) is 6.42 Å². The summed E-state index contributed by atoms with van der Waals surface area (Å²) >= 11 is 1.98. The van der Waals surface area contributed by atoms with E-state index in [0.717, 1.165) is 0 Å². The van der Waals surface area contributed by atoms with Gasteiger partial charge in [0.2, 0.25) is 0 Å². The van der Waals surface area contributed by atoms with Crippen molar-refractivity contribution in [1.82, 2.24) is 5.32 Å². The first-order chi connectivity index (χ1) is 6.18. The van der Waals surface area contributed by atoms with Crippen LogP contribution in [0.4, 0.5) is 0 Å². The molecule has 1 aliphatic rings. The van der Waals surface area contributed by atoms with E-state index in [4.69, 9.17) is 5.11 Å². The van der Waals surface area contributed by atoms with Crippen LogP contribution in [0.5, 0.6) is 0 Å². The fraction of sp³-hybridized carbons (Fsp3) is 0.889. The third-order valence-corrected chi connectivity index (χ3v) is 3.27. The Bertz CT molecular complexity index is 169. The first-order valence-corrected chi connectivity index (χ1v) is 5.89. The van der Waals surface area contributed by atoms with Gasteiger partial charge in [0.25, 0.3) is 0 Å². The van der Waals surface area contributed by atoms with E-state index in [-0.39, 0.29) is 12.5 Å². The summed E-state index contributed by atoms with van der Waals surface area (Å²) in [6, 6.07) is 0.640. The van der Waals surface area contributed by atoms with E-state index < -0.39 is 5.97 Å². The Morgan fingerprint density at radius 3 is 2.77 bits per heavy atom. The minimum Gasteiger partial charge on any atom is -0.481 e. The maximum absolute atomic E-state index is 10.4. The molecule has 1 heterocycles. The Kier molecular flexibility index (Phi) is 4.59. The number of nitrogens with one attached hydrogen (secondary N) is 1. The first-order valence-electron chi connectivity index (χ1n) is 4.74. The molecule has 13 heavy (non-hydrogen) atoms. The number of carboxylic acid groups (broad SMARTS) is 1. The summed E-state index contributed by atoms with van der Waals surface area (Å²) in [7, 11) is 0. The second-order valence-electron chi connectivity index (χ2n) is 3.55. The largest absolute Gasteiger partial charge is 0.481 e. The zero-order valence-corrected chi connectivity index (χ0v) is 8.77. The average Bonchev–Trinajstić information content (AvgIpc) is 2.04. The van der Waals surface area contributed by atoms with E-state index >= 15 is 0 Å². The van der Waals surface area contributed by atoms with Gasteiger partial charge in [-0.15, -0.1) is 0 Å². The summed E-state index contributed by atoms with van der Waals surface area (Å²) in [6.07, 6.45) is 2.58. The number of carbonyl (C=O) groups is 1. The number of rotatable bonds is 4. The maximum Gasteiger partial charge on any atom is 0.304 e. The van der Waals surface area contributed by atoms with Crippen molar-refractivity contribution in [2.24, 2.45) is 0 Å². The quantitative estimate of drug-likeness (QED) is 0.724. The van der Waals surface area contributed by atoms with E-state index in [9.17, 15) is 4.79 Å². The van der Waals surface area contributed by atoms with Crippen LogP contribution >= 0.6 is 11.8 Å². The predicted octanol–water partition coefficient (Wildman–Crippen LogP) is 1.33. The van der Waals surface area contributed by atoms with Gasteiger partial charge in [-0.3, -0.25) is 4.79 Å². The SMILES string of the molecule is CC(CC(=O)O)NC1CCSCC1. The lowest BCUT2D eigenvalue weighted by molar-refractivity contribution is -0.137. The van der Waals surface area contributed by atoms with Crippen molar-refractivity contribution in [3.63, 3.8) is 0 Å². The van der Waals surface area contributed by atoms with Gasteiger partial charge in [-0.25, -0.2) is 0 Å². The lowest BCUT2D eigenvalue weighted by atomic mass is 10.1. The zero-order valence-electron chi connectivity index (χ0n) is 7.95. The van der Waals surface area contributed by atoms with Gasteiger partial charge in [-0.2, -0.15) is 11.8 Å². The molecule has 1 unspecified atom stereocenters. The highest BCUT2D eigenvalue weighted by atomic mass is 32.2. The Balaban J connectivity index is 2.18. The topological polar surface area (TPSA) is 49.3 Å². The summed E-state index contributed by atoms with van der Waals surface area (Å²) in [5.74, 6) is 1.69. The average molecular weight is 203 g/mol.